The normalized spacial score (nSPS) is 22.1. The van der Waals surface area contributed by atoms with Gasteiger partial charge in [0, 0.05) is 16.5 Å². The first-order chi connectivity index (χ1) is 6.27. The van der Waals surface area contributed by atoms with Crippen LogP contribution in [-0.2, 0) is 0 Å². The highest BCUT2D eigenvalue weighted by Gasteiger charge is 2.18. The molecule has 1 aromatic rings. The maximum Gasteiger partial charge on any atom is 0.120 e. The van der Waals surface area contributed by atoms with E-state index < -0.39 is 0 Å². The van der Waals surface area contributed by atoms with Crippen molar-refractivity contribution < 1.29 is 5.11 Å². The van der Waals surface area contributed by atoms with Crippen LogP contribution in [0.4, 0.5) is 0 Å². The van der Waals surface area contributed by atoms with Crippen LogP contribution < -0.4 is 5.32 Å². The molecule has 1 fully saturated rings. The average Bonchev–Trinajstić information content (AvgIpc) is 2.61. The topological polar surface area (TPSA) is 32.3 Å². The van der Waals surface area contributed by atoms with Crippen LogP contribution >= 0.6 is 12.6 Å². The smallest absolute Gasteiger partial charge is 0.120 e. The predicted molar refractivity (Wildman–Crippen MR) is 55.3 cm³/mol. The van der Waals surface area contributed by atoms with Crippen molar-refractivity contribution in [2.75, 3.05) is 6.54 Å². The van der Waals surface area contributed by atoms with Crippen molar-refractivity contribution in [3.05, 3.63) is 23.8 Å². The Balaban J connectivity index is 2.32. The second kappa shape index (κ2) is 3.60. The van der Waals surface area contributed by atoms with Crippen molar-refractivity contribution in [1.29, 1.82) is 0 Å². The summed E-state index contributed by atoms with van der Waals surface area (Å²) in [6.45, 7) is 1.04. The Morgan fingerprint density at radius 1 is 1.46 bits per heavy atom. The molecular formula is C10H13NOS. The molecule has 1 heterocycles. The molecule has 1 atom stereocenters. The lowest BCUT2D eigenvalue weighted by Crippen LogP contribution is -2.12. The predicted octanol–water partition coefficient (Wildman–Crippen LogP) is 2.11. The summed E-state index contributed by atoms with van der Waals surface area (Å²) in [7, 11) is 0. The lowest BCUT2D eigenvalue weighted by atomic mass is 10.0. The summed E-state index contributed by atoms with van der Waals surface area (Å²) in [5, 5.41) is 13.0. The number of benzene rings is 1. The van der Waals surface area contributed by atoms with E-state index in [0.29, 0.717) is 11.8 Å². The number of phenols is 1. The van der Waals surface area contributed by atoms with E-state index in [2.05, 4.69) is 17.9 Å². The van der Waals surface area contributed by atoms with Crippen LogP contribution in [0.25, 0.3) is 0 Å². The fourth-order valence-electron chi connectivity index (χ4n) is 1.77. The molecule has 1 aliphatic rings. The summed E-state index contributed by atoms with van der Waals surface area (Å²) in [6, 6.07) is 5.75. The summed E-state index contributed by atoms with van der Waals surface area (Å²) in [4.78, 5) is 0.904. The molecule has 70 valence electrons. The van der Waals surface area contributed by atoms with Gasteiger partial charge in [-0.05, 0) is 37.6 Å². The molecule has 0 unspecified atom stereocenters. The Labute approximate surface area is 83.4 Å². The number of phenolic OH excluding ortho intramolecular Hbond substituents is 1. The second-order valence-corrected chi connectivity index (χ2v) is 3.91. The van der Waals surface area contributed by atoms with E-state index in [9.17, 15) is 5.11 Å². The molecule has 0 saturated carbocycles. The van der Waals surface area contributed by atoms with Gasteiger partial charge in [0.25, 0.3) is 0 Å². The SMILES string of the molecule is Oc1ccc(S)cc1[C@H]1CCCN1. The summed E-state index contributed by atoms with van der Waals surface area (Å²) in [6.07, 6.45) is 2.28. The van der Waals surface area contributed by atoms with Gasteiger partial charge in [0.1, 0.15) is 5.75 Å². The van der Waals surface area contributed by atoms with Crippen LogP contribution in [0.15, 0.2) is 23.1 Å². The van der Waals surface area contributed by atoms with Gasteiger partial charge in [0.05, 0.1) is 0 Å². The number of hydrogen-bond donors (Lipinski definition) is 3. The summed E-state index contributed by atoms with van der Waals surface area (Å²) < 4.78 is 0. The van der Waals surface area contributed by atoms with Crippen LogP contribution in [0.1, 0.15) is 24.4 Å². The maximum atomic E-state index is 9.62. The fraction of sp³-hybridized carbons (Fsp3) is 0.400. The van der Waals surface area contributed by atoms with Gasteiger partial charge in [0.15, 0.2) is 0 Å². The average molecular weight is 195 g/mol. The van der Waals surface area contributed by atoms with Gasteiger partial charge in [-0.15, -0.1) is 12.6 Å². The molecule has 0 amide bonds. The van der Waals surface area contributed by atoms with Crippen molar-refractivity contribution >= 4 is 12.6 Å². The zero-order chi connectivity index (χ0) is 9.26. The third-order valence-electron chi connectivity index (χ3n) is 2.45. The largest absolute Gasteiger partial charge is 0.508 e. The molecule has 13 heavy (non-hydrogen) atoms. The van der Waals surface area contributed by atoms with E-state index in [1.54, 1.807) is 12.1 Å². The zero-order valence-corrected chi connectivity index (χ0v) is 8.22. The standard InChI is InChI=1S/C10H13NOS/c12-10-4-3-7(13)6-8(10)9-2-1-5-11-9/h3-4,6,9,11-13H,1-2,5H2/t9-/m1/s1. The van der Waals surface area contributed by atoms with Crippen molar-refractivity contribution in [3.63, 3.8) is 0 Å². The highest BCUT2D eigenvalue weighted by atomic mass is 32.1. The molecule has 0 spiro atoms. The molecule has 0 bridgehead atoms. The van der Waals surface area contributed by atoms with Gasteiger partial charge in [0.2, 0.25) is 0 Å². The quantitative estimate of drug-likeness (QED) is 0.600. The lowest BCUT2D eigenvalue weighted by Gasteiger charge is -2.12. The van der Waals surface area contributed by atoms with Crippen LogP contribution in [0.2, 0.25) is 0 Å². The highest BCUT2D eigenvalue weighted by molar-refractivity contribution is 7.80. The van der Waals surface area contributed by atoms with Crippen molar-refractivity contribution in [1.82, 2.24) is 5.32 Å². The molecule has 1 aliphatic heterocycles. The van der Waals surface area contributed by atoms with Crippen molar-refractivity contribution in [2.45, 2.75) is 23.8 Å². The molecule has 3 heteroatoms. The first-order valence-electron chi connectivity index (χ1n) is 4.52. The van der Waals surface area contributed by atoms with Crippen LogP contribution in [0.3, 0.4) is 0 Å². The Morgan fingerprint density at radius 3 is 3.00 bits per heavy atom. The summed E-state index contributed by atoms with van der Waals surface area (Å²) in [5.41, 5.74) is 0.977. The van der Waals surface area contributed by atoms with Crippen LogP contribution in [0.5, 0.6) is 5.75 Å². The lowest BCUT2D eigenvalue weighted by molar-refractivity contribution is 0.456. The second-order valence-electron chi connectivity index (χ2n) is 3.39. The van der Waals surface area contributed by atoms with Crippen molar-refractivity contribution in [3.8, 4) is 5.75 Å². The molecule has 2 N–H and O–H groups in total. The molecule has 0 radical (unpaired) electrons. The van der Waals surface area contributed by atoms with E-state index in [1.807, 2.05) is 6.07 Å². The number of thiol groups is 1. The molecule has 1 aromatic carbocycles. The molecule has 2 nitrogen and oxygen atoms in total. The monoisotopic (exact) mass is 195 g/mol. The minimum Gasteiger partial charge on any atom is -0.508 e. The van der Waals surface area contributed by atoms with Crippen LogP contribution in [-0.4, -0.2) is 11.7 Å². The summed E-state index contributed by atoms with van der Waals surface area (Å²) >= 11 is 4.26. The number of rotatable bonds is 1. The molecule has 2 rings (SSSR count). The molecule has 0 aromatic heterocycles. The molecular weight excluding hydrogens is 182 g/mol. The van der Waals surface area contributed by atoms with E-state index in [1.165, 1.54) is 6.42 Å². The minimum atomic E-state index is 0.312. The Kier molecular flexibility index (Phi) is 2.47. The Hall–Kier alpha value is -0.670. The van der Waals surface area contributed by atoms with Gasteiger partial charge in [-0.25, -0.2) is 0 Å². The third-order valence-corrected chi connectivity index (χ3v) is 2.73. The Morgan fingerprint density at radius 2 is 2.31 bits per heavy atom. The minimum absolute atomic E-state index is 0.312. The number of nitrogens with one attached hydrogen (secondary N) is 1. The first-order valence-corrected chi connectivity index (χ1v) is 4.97. The first kappa shape index (κ1) is 8.91. The van der Waals surface area contributed by atoms with E-state index in [0.717, 1.165) is 23.4 Å². The van der Waals surface area contributed by atoms with Gasteiger partial charge in [-0.2, -0.15) is 0 Å². The van der Waals surface area contributed by atoms with E-state index in [-0.39, 0.29) is 0 Å². The number of hydrogen-bond acceptors (Lipinski definition) is 3. The van der Waals surface area contributed by atoms with Gasteiger partial charge in [-0.3, -0.25) is 0 Å². The van der Waals surface area contributed by atoms with E-state index in [4.69, 9.17) is 0 Å². The van der Waals surface area contributed by atoms with Crippen LogP contribution in [0, 0.1) is 0 Å². The highest BCUT2D eigenvalue weighted by Crippen LogP contribution is 2.31. The molecule has 1 saturated heterocycles. The van der Waals surface area contributed by atoms with Gasteiger partial charge in [-0.1, -0.05) is 0 Å². The third kappa shape index (κ3) is 1.81. The zero-order valence-electron chi connectivity index (χ0n) is 7.33. The van der Waals surface area contributed by atoms with Gasteiger partial charge < -0.3 is 10.4 Å². The molecule has 0 aliphatic carbocycles. The van der Waals surface area contributed by atoms with Crippen molar-refractivity contribution in [2.24, 2.45) is 0 Å². The number of aromatic hydroxyl groups is 1. The van der Waals surface area contributed by atoms with Gasteiger partial charge >= 0.3 is 0 Å². The maximum absolute atomic E-state index is 9.62. The van der Waals surface area contributed by atoms with E-state index >= 15 is 0 Å². The Bertz CT molecular complexity index is 308. The fourth-order valence-corrected chi connectivity index (χ4v) is 1.98. The summed E-state index contributed by atoms with van der Waals surface area (Å²) in [5.74, 6) is 0.372.